The molecule has 0 saturated carbocycles. The topological polar surface area (TPSA) is 43.8 Å². The van der Waals surface area contributed by atoms with E-state index in [0.717, 1.165) is 13.0 Å². The number of hydrogen-bond donors (Lipinski definition) is 1. The molecule has 3 nitrogen and oxygen atoms in total. The molecule has 0 aliphatic carbocycles. The van der Waals surface area contributed by atoms with Crippen molar-refractivity contribution in [1.82, 2.24) is 9.55 Å². The van der Waals surface area contributed by atoms with Gasteiger partial charge in [-0.15, -0.1) is 0 Å². The third-order valence-electron chi connectivity index (χ3n) is 1.91. The second-order valence-electron chi connectivity index (χ2n) is 3.02. The lowest BCUT2D eigenvalue weighted by Crippen LogP contribution is -2.09. The average Bonchev–Trinajstić information content (AvgIpc) is 2.54. The van der Waals surface area contributed by atoms with Crippen molar-refractivity contribution in [3.8, 4) is 0 Å². The summed E-state index contributed by atoms with van der Waals surface area (Å²) in [4.78, 5) is 3.99. The summed E-state index contributed by atoms with van der Waals surface area (Å²) in [6, 6.07) is 0. The van der Waals surface area contributed by atoms with Crippen molar-refractivity contribution >= 4 is 0 Å². The maximum Gasteiger partial charge on any atom is 0.159 e. The Morgan fingerprint density at radius 3 is 3.08 bits per heavy atom. The van der Waals surface area contributed by atoms with Gasteiger partial charge in [0.15, 0.2) is 6.17 Å². The van der Waals surface area contributed by atoms with Crippen molar-refractivity contribution in [3.63, 3.8) is 0 Å². The fourth-order valence-electron chi connectivity index (χ4n) is 1.31. The monoisotopic (exact) mass is 185 g/mol. The van der Waals surface area contributed by atoms with Gasteiger partial charge in [-0.25, -0.2) is 9.37 Å². The first kappa shape index (κ1) is 10.2. The minimum Gasteiger partial charge on any atom is -0.333 e. The summed E-state index contributed by atoms with van der Waals surface area (Å²) in [5, 5.41) is 0. The highest BCUT2D eigenvalue weighted by Gasteiger charge is 2.13. The quantitative estimate of drug-likeness (QED) is 0.758. The molecule has 0 aliphatic heterocycles. The Balaban J connectivity index is 2.68. The van der Waals surface area contributed by atoms with Crippen molar-refractivity contribution < 1.29 is 4.39 Å². The Bertz CT molecular complexity index is 247. The van der Waals surface area contributed by atoms with E-state index in [0.29, 0.717) is 18.8 Å². The van der Waals surface area contributed by atoms with Crippen molar-refractivity contribution in [2.24, 2.45) is 5.73 Å². The smallest absolute Gasteiger partial charge is 0.159 e. The van der Waals surface area contributed by atoms with E-state index in [-0.39, 0.29) is 0 Å². The zero-order chi connectivity index (χ0) is 9.68. The Kier molecular flexibility index (Phi) is 3.89. The van der Waals surface area contributed by atoms with Crippen LogP contribution in [0.15, 0.2) is 12.4 Å². The lowest BCUT2D eigenvalue weighted by molar-refractivity contribution is 0.301. The van der Waals surface area contributed by atoms with Crippen LogP contribution in [0.2, 0.25) is 0 Å². The van der Waals surface area contributed by atoms with Crippen molar-refractivity contribution in [1.29, 1.82) is 0 Å². The summed E-state index contributed by atoms with van der Waals surface area (Å²) < 4.78 is 15.2. The standard InChI is InChI=1S/C9H16FN3/c1-2-6-13-7-5-12-9(13)8(10)3-4-11/h5,7-8H,2-4,6,11H2,1H3. The van der Waals surface area contributed by atoms with Crippen molar-refractivity contribution in [2.45, 2.75) is 32.5 Å². The van der Waals surface area contributed by atoms with Gasteiger partial charge in [-0.2, -0.15) is 0 Å². The van der Waals surface area contributed by atoms with Crippen LogP contribution in [0.3, 0.4) is 0 Å². The lowest BCUT2D eigenvalue weighted by atomic mass is 10.2. The second kappa shape index (κ2) is 4.97. The third-order valence-corrected chi connectivity index (χ3v) is 1.91. The molecule has 0 aliphatic rings. The fraction of sp³-hybridized carbons (Fsp3) is 0.667. The molecule has 2 N–H and O–H groups in total. The summed E-state index contributed by atoms with van der Waals surface area (Å²) in [7, 11) is 0. The van der Waals surface area contributed by atoms with E-state index in [4.69, 9.17) is 5.73 Å². The summed E-state index contributed by atoms with van der Waals surface area (Å²) in [5.41, 5.74) is 5.28. The fourth-order valence-corrected chi connectivity index (χ4v) is 1.31. The van der Waals surface area contributed by atoms with E-state index in [1.807, 2.05) is 10.8 Å². The maximum absolute atomic E-state index is 13.4. The van der Waals surface area contributed by atoms with Crippen LogP contribution in [-0.2, 0) is 6.54 Å². The highest BCUT2D eigenvalue weighted by Crippen LogP contribution is 2.18. The number of nitrogens with zero attached hydrogens (tertiary/aromatic N) is 2. The Morgan fingerprint density at radius 2 is 2.46 bits per heavy atom. The molecule has 1 atom stereocenters. The van der Waals surface area contributed by atoms with Crippen LogP contribution in [0.4, 0.5) is 4.39 Å². The van der Waals surface area contributed by atoms with Gasteiger partial charge >= 0.3 is 0 Å². The summed E-state index contributed by atoms with van der Waals surface area (Å²) in [6.07, 6.45) is 3.75. The number of aryl methyl sites for hydroxylation is 1. The third kappa shape index (κ3) is 2.52. The summed E-state index contributed by atoms with van der Waals surface area (Å²) >= 11 is 0. The Morgan fingerprint density at radius 1 is 1.69 bits per heavy atom. The molecule has 0 amide bonds. The summed E-state index contributed by atoms with van der Waals surface area (Å²) in [5.74, 6) is 0.507. The van der Waals surface area contributed by atoms with Gasteiger partial charge in [0.05, 0.1) is 0 Å². The molecule has 74 valence electrons. The minimum absolute atomic E-state index is 0.348. The van der Waals surface area contributed by atoms with E-state index in [1.54, 1.807) is 6.20 Å². The first-order valence-electron chi connectivity index (χ1n) is 4.64. The number of hydrogen-bond acceptors (Lipinski definition) is 2. The molecule has 0 radical (unpaired) electrons. The number of imidazole rings is 1. The molecular weight excluding hydrogens is 169 g/mol. The van der Waals surface area contributed by atoms with E-state index >= 15 is 0 Å². The number of nitrogens with two attached hydrogens (primary N) is 1. The van der Waals surface area contributed by atoms with Crippen LogP contribution < -0.4 is 5.73 Å². The number of aromatic nitrogens is 2. The molecule has 1 heterocycles. The molecule has 13 heavy (non-hydrogen) atoms. The molecule has 1 unspecified atom stereocenters. The van der Waals surface area contributed by atoms with Crippen LogP contribution in [0.25, 0.3) is 0 Å². The van der Waals surface area contributed by atoms with Crippen LogP contribution in [0.1, 0.15) is 31.8 Å². The Hall–Kier alpha value is -0.900. The highest BCUT2D eigenvalue weighted by molar-refractivity contribution is 4.96. The zero-order valence-corrected chi connectivity index (χ0v) is 7.91. The van der Waals surface area contributed by atoms with Gasteiger partial charge < -0.3 is 10.3 Å². The maximum atomic E-state index is 13.4. The predicted octanol–water partition coefficient (Wildman–Crippen LogP) is 1.65. The van der Waals surface area contributed by atoms with E-state index in [9.17, 15) is 4.39 Å². The number of rotatable bonds is 5. The van der Waals surface area contributed by atoms with Crippen LogP contribution in [0, 0.1) is 0 Å². The van der Waals surface area contributed by atoms with Crippen molar-refractivity contribution in [2.75, 3.05) is 6.54 Å². The first-order chi connectivity index (χ1) is 6.29. The molecule has 0 spiro atoms. The molecule has 1 aromatic rings. The predicted molar refractivity (Wildman–Crippen MR) is 50.0 cm³/mol. The average molecular weight is 185 g/mol. The van der Waals surface area contributed by atoms with Gasteiger partial charge in [0.2, 0.25) is 0 Å². The Labute approximate surface area is 77.8 Å². The molecule has 1 rings (SSSR count). The minimum atomic E-state index is -1.02. The van der Waals surface area contributed by atoms with Gasteiger partial charge in [-0.1, -0.05) is 6.92 Å². The van der Waals surface area contributed by atoms with E-state index in [2.05, 4.69) is 11.9 Å². The zero-order valence-electron chi connectivity index (χ0n) is 7.91. The second-order valence-corrected chi connectivity index (χ2v) is 3.02. The highest BCUT2D eigenvalue weighted by atomic mass is 19.1. The van der Waals surface area contributed by atoms with E-state index < -0.39 is 6.17 Å². The van der Waals surface area contributed by atoms with Gasteiger partial charge in [-0.3, -0.25) is 0 Å². The van der Waals surface area contributed by atoms with Gasteiger partial charge in [0, 0.05) is 18.9 Å². The molecule has 0 bridgehead atoms. The first-order valence-corrected chi connectivity index (χ1v) is 4.64. The molecule has 0 fully saturated rings. The number of halogens is 1. The molecule has 4 heteroatoms. The van der Waals surface area contributed by atoms with E-state index in [1.165, 1.54) is 0 Å². The lowest BCUT2D eigenvalue weighted by Gasteiger charge is -2.09. The van der Waals surface area contributed by atoms with Gasteiger partial charge in [-0.05, 0) is 19.4 Å². The summed E-state index contributed by atoms with van der Waals surface area (Å²) in [6.45, 7) is 3.24. The molecule has 0 aromatic carbocycles. The molecule has 0 saturated heterocycles. The van der Waals surface area contributed by atoms with Crippen LogP contribution >= 0.6 is 0 Å². The van der Waals surface area contributed by atoms with Gasteiger partial charge in [0.1, 0.15) is 5.82 Å². The number of alkyl halides is 1. The van der Waals surface area contributed by atoms with Crippen LogP contribution in [-0.4, -0.2) is 16.1 Å². The largest absolute Gasteiger partial charge is 0.333 e. The molecular formula is C9H16FN3. The normalized spacial score (nSPS) is 13.2. The molecule has 1 aromatic heterocycles. The van der Waals surface area contributed by atoms with Gasteiger partial charge in [0.25, 0.3) is 0 Å². The van der Waals surface area contributed by atoms with Crippen LogP contribution in [0.5, 0.6) is 0 Å². The SMILES string of the molecule is CCCn1ccnc1C(F)CCN. The van der Waals surface area contributed by atoms with Crippen molar-refractivity contribution in [3.05, 3.63) is 18.2 Å².